The summed E-state index contributed by atoms with van der Waals surface area (Å²) in [5.41, 5.74) is 6.44. The number of rotatable bonds is 5. The fraction of sp³-hybridized carbons (Fsp3) is 0.500. The van der Waals surface area contributed by atoms with Crippen LogP contribution in [0.4, 0.5) is 5.82 Å². The monoisotopic (exact) mass is 237 g/mol. The van der Waals surface area contributed by atoms with Gasteiger partial charge in [0.25, 0.3) is 0 Å². The molecule has 0 aliphatic carbocycles. The third kappa shape index (κ3) is 4.03. The van der Waals surface area contributed by atoms with E-state index in [1.807, 2.05) is 6.92 Å². The average molecular weight is 237 g/mol. The summed E-state index contributed by atoms with van der Waals surface area (Å²) in [6, 6.07) is 2.61. The van der Waals surface area contributed by atoms with Crippen molar-refractivity contribution >= 4 is 11.7 Å². The molecule has 4 N–H and O–H groups in total. The molecule has 5 heteroatoms. The van der Waals surface area contributed by atoms with Crippen molar-refractivity contribution in [2.75, 3.05) is 5.32 Å². The molecule has 5 nitrogen and oxygen atoms in total. The fourth-order valence-electron chi connectivity index (χ4n) is 1.41. The lowest BCUT2D eigenvalue weighted by Gasteiger charge is -2.12. The Morgan fingerprint density at radius 1 is 1.59 bits per heavy atom. The van der Waals surface area contributed by atoms with Gasteiger partial charge in [0, 0.05) is 5.69 Å². The molecule has 0 saturated carbocycles. The van der Waals surface area contributed by atoms with Crippen LogP contribution in [-0.2, 0) is 4.79 Å². The molecule has 1 aromatic heterocycles. The average Bonchev–Trinajstić information content (AvgIpc) is 2.30. The van der Waals surface area contributed by atoms with Crippen LogP contribution in [-0.4, -0.2) is 22.0 Å². The van der Waals surface area contributed by atoms with Crippen molar-refractivity contribution in [1.29, 1.82) is 0 Å². The number of aromatic hydroxyl groups is 1. The Balaban J connectivity index is 2.64. The van der Waals surface area contributed by atoms with Gasteiger partial charge in [-0.3, -0.25) is 4.79 Å². The Labute approximate surface area is 101 Å². The zero-order valence-corrected chi connectivity index (χ0v) is 10.2. The van der Waals surface area contributed by atoms with Crippen molar-refractivity contribution in [2.24, 2.45) is 5.73 Å². The minimum Gasteiger partial charge on any atom is -0.504 e. The SMILES string of the molecule is CCCCC(N)C(=O)Nc1nc(C)ccc1O. The van der Waals surface area contributed by atoms with Gasteiger partial charge in [0.15, 0.2) is 11.6 Å². The van der Waals surface area contributed by atoms with E-state index in [4.69, 9.17) is 5.73 Å². The number of hydrogen-bond acceptors (Lipinski definition) is 4. The lowest BCUT2D eigenvalue weighted by atomic mass is 10.1. The first-order valence-electron chi connectivity index (χ1n) is 5.77. The number of aryl methyl sites for hydroxylation is 1. The number of anilines is 1. The predicted octanol–water partition coefficient (Wildman–Crippen LogP) is 1.55. The van der Waals surface area contributed by atoms with Gasteiger partial charge in [-0.15, -0.1) is 0 Å². The molecule has 1 amide bonds. The maximum absolute atomic E-state index is 11.7. The van der Waals surface area contributed by atoms with Crippen LogP contribution in [0.5, 0.6) is 5.75 Å². The zero-order chi connectivity index (χ0) is 12.8. The summed E-state index contributed by atoms with van der Waals surface area (Å²) in [5.74, 6) is -0.194. The molecule has 1 heterocycles. The highest BCUT2D eigenvalue weighted by molar-refractivity contribution is 5.94. The van der Waals surface area contributed by atoms with Crippen molar-refractivity contribution in [3.05, 3.63) is 17.8 Å². The van der Waals surface area contributed by atoms with Crippen molar-refractivity contribution in [2.45, 2.75) is 39.2 Å². The predicted molar refractivity (Wildman–Crippen MR) is 66.8 cm³/mol. The third-order valence-electron chi connectivity index (χ3n) is 2.46. The Morgan fingerprint density at radius 2 is 2.29 bits per heavy atom. The lowest BCUT2D eigenvalue weighted by Crippen LogP contribution is -2.35. The van der Waals surface area contributed by atoms with Crippen LogP contribution in [0.3, 0.4) is 0 Å². The van der Waals surface area contributed by atoms with Gasteiger partial charge in [-0.25, -0.2) is 4.98 Å². The van der Waals surface area contributed by atoms with Crippen LogP contribution in [0.25, 0.3) is 0 Å². The van der Waals surface area contributed by atoms with Crippen LogP contribution in [0.1, 0.15) is 31.9 Å². The van der Waals surface area contributed by atoms with E-state index in [0.717, 1.165) is 18.5 Å². The smallest absolute Gasteiger partial charge is 0.242 e. The molecule has 1 unspecified atom stereocenters. The summed E-state index contributed by atoms with van der Waals surface area (Å²) >= 11 is 0. The van der Waals surface area contributed by atoms with Crippen LogP contribution >= 0.6 is 0 Å². The van der Waals surface area contributed by atoms with Gasteiger partial charge >= 0.3 is 0 Å². The number of nitrogens with two attached hydrogens (primary N) is 1. The number of nitrogens with one attached hydrogen (secondary N) is 1. The number of carbonyl (C=O) groups excluding carboxylic acids is 1. The molecule has 1 aromatic rings. The van der Waals surface area contributed by atoms with E-state index in [-0.39, 0.29) is 17.5 Å². The molecule has 0 saturated heterocycles. The topological polar surface area (TPSA) is 88.2 Å². The van der Waals surface area contributed by atoms with Crippen LogP contribution < -0.4 is 11.1 Å². The second kappa shape index (κ2) is 6.20. The van der Waals surface area contributed by atoms with Gasteiger partial charge in [0.1, 0.15) is 0 Å². The molecule has 0 radical (unpaired) electrons. The van der Waals surface area contributed by atoms with E-state index in [1.165, 1.54) is 6.07 Å². The van der Waals surface area contributed by atoms with Gasteiger partial charge < -0.3 is 16.2 Å². The molecule has 0 spiro atoms. The van der Waals surface area contributed by atoms with E-state index < -0.39 is 6.04 Å². The summed E-state index contributed by atoms with van der Waals surface area (Å²) in [6.45, 7) is 3.82. The van der Waals surface area contributed by atoms with Crippen molar-refractivity contribution in [3.8, 4) is 5.75 Å². The Bertz CT molecular complexity index is 393. The summed E-state index contributed by atoms with van der Waals surface area (Å²) in [5, 5.41) is 12.1. The number of nitrogens with zero attached hydrogens (tertiary/aromatic N) is 1. The number of pyridine rings is 1. The van der Waals surface area contributed by atoms with Crippen molar-refractivity contribution in [3.63, 3.8) is 0 Å². The summed E-state index contributed by atoms with van der Waals surface area (Å²) in [7, 11) is 0. The highest BCUT2D eigenvalue weighted by Crippen LogP contribution is 2.20. The Morgan fingerprint density at radius 3 is 2.94 bits per heavy atom. The van der Waals surface area contributed by atoms with Gasteiger partial charge in [-0.2, -0.15) is 0 Å². The number of carbonyl (C=O) groups is 1. The number of aromatic nitrogens is 1. The number of hydrogen-bond donors (Lipinski definition) is 3. The van der Waals surface area contributed by atoms with Crippen LogP contribution in [0.15, 0.2) is 12.1 Å². The molecule has 0 aromatic carbocycles. The highest BCUT2D eigenvalue weighted by atomic mass is 16.3. The fourth-order valence-corrected chi connectivity index (χ4v) is 1.41. The molecule has 94 valence electrons. The van der Waals surface area contributed by atoms with Crippen LogP contribution in [0, 0.1) is 6.92 Å². The highest BCUT2D eigenvalue weighted by Gasteiger charge is 2.15. The number of unbranched alkanes of at least 4 members (excludes halogenated alkanes) is 1. The summed E-state index contributed by atoms with van der Waals surface area (Å²) in [6.07, 6.45) is 2.53. The second-order valence-corrected chi connectivity index (χ2v) is 4.06. The van der Waals surface area contributed by atoms with Gasteiger partial charge in [0.2, 0.25) is 5.91 Å². The molecule has 17 heavy (non-hydrogen) atoms. The first-order chi connectivity index (χ1) is 8.04. The minimum absolute atomic E-state index is 0.0494. The quantitative estimate of drug-likeness (QED) is 0.725. The Kier molecular flexibility index (Phi) is 4.90. The van der Waals surface area contributed by atoms with Crippen molar-refractivity contribution < 1.29 is 9.90 Å². The zero-order valence-electron chi connectivity index (χ0n) is 10.2. The summed E-state index contributed by atoms with van der Waals surface area (Å²) < 4.78 is 0. The molecule has 1 atom stereocenters. The van der Waals surface area contributed by atoms with E-state index in [9.17, 15) is 9.90 Å². The molecular formula is C12H19N3O2. The largest absolute Gasteiger partial charge is 0.504 e. The first kappa shape index (κ1) is 13.4. The van der Waals surface area contributed by atoms with Crippen molar-refractivity contribution in [1.82, 2.24) is 4.98 Å². The lowest BCUT2D eigenvalue weighted by molar-refractivity contribution is -0.117. The molecular weight excluding hydrogens is 218 g/mol. The standard InChI is InChI=1S/C12H19N3O2/c1-3-4-5-9(13)12(17)15-11-10(16)7-6-8(2)14-11/h6-7,9,16H,3-5,13H2,1-2H3,(H,14,15,17). The molecule has 0 aliphatic heterocycles. The van der Waals surface area contributed by atoms with E-state index in [0.29, 0.717) is 6.42 Å². The molecule has 0 aliphatic rings. The van der Waals surface area contributed by atoms with E-state index >= 15 is 0 Å². The van der Waals surface area contributed by atoms with Gasteiger partial charge in [-0.1, -0.05) is 19.8 Å². The second-order valence-electron chi connectivity index (χ2n) is 4.06. The van der Waals surface area contributed by atoms with Crippen LogP contribution in [0.2, 0.25) is 0 Å². The third-order valence-corrected chi connectivity index (χ3v) is 2.46. The maximum atomic E-state index is 11.7. The maximum Gasteiger partial charge on any atom is 0.242 e. The molecule has 1 rings (SSSR count). The summed E-state index contributed by atoms with van der Waals surface area (Å²) in [4.78, 5) is 15.7. The normalized spacial score (nSPS) is 12.2. The number of amides is 1. The first-order valence-corrected chi connectivity index (χ1v) is 5.77. The molecule has 0 bridgehead atoms. The van der Waals surface area contributed by atoms with Gasteiger partial charge in [0.05, 0.1) is 6.04 Å². The van der Waals surface area contributed by atoms with E-state index in [1.54, 1.807) is 13.0 Å². The molecule has 0 fully saturated rings. The minimum atomic E-state index is -0.559. The van der Waals surface area contributed by atoms with E-state index in [2.05, 4.69) is 10.3 Å². The van der Waals surface area contributed by atoms with Gasteiger partial charge in [-0.05, 0) is 25.5 Å². The Hall–Kier alpha value is -1.62.